The maximum absolute atomic E-state index is 13.0. The summed E-state index contributed by atoms with van der Waals surface area (Å²) in [6, 6.07) is 23.8. The first-order valence-electron chi connectivity index (χ1n) is 9.98. The zero-order valence-electron chi connectivity index (χ0n) is 16.9. The number of carbonyl (C=O) groups is 1. The normalized spacial score (nSPS) is 19.5. The second kappa shape index (κ2) is 7.67. The number of aliphatic imine (C=N–C) groups is 1. The van der Waals surface area contributed by atoms with Crippen LogP contribution in [0.25, 0.3) is 10.8 Å². The Balaban J connectivity index is 1.79. The first-order chi connectivity index (χ1) is 13.9. The van der Waals surface area contributed by atoms with E-state index in [1.807, 2.05) is 60.7 Å². The van der Waals surface area contributed by atoms with Crippen molar-refractivity contribution in [2.24, 2.45) is 10.4 Å². The summed E-state index contributed by atoms with van der Waals surface area (Å²) >= 11 is 0. The fraction of sp³-hybridized carbons (Fsp3) is 0.231. The van der Waals surface area contributed by atoms with Crippen molar-refractivity contribution in [3.05, 3.63) is 89.7 Å². The van der Waals surface area contributed by atoms with Gasteiger partial charge in [0, 0.05) is 12.8 Å². The van der Waals surface area contributed by atoms with Crippen LogP contribution in [-0.4, -0.2) is 16.6 Å². The summed E-state index contributed by atoms with van der Waals surface area (Å²) in [7, 11) is 0. The van der Waals surface area contributed by atoms with Crippen LogP contribution >= 0.6 is 0 Å². The highest BCUT2D eigenvalue weighted by molar-refractivity contribution is 6.25. The monoisotopic (exact) mass is 383 g/mol. The number of Topliss-reactive ketones (excluding diaryl/α,β-unsaturated/α-hetero) is 1. The fourth-order valence-electron chi connectivity index (χ4n) is 4.08. The van der Waals surface area contributed by atoms with Gasteiger partial charge in [0.2, 0.25) is 0 Å². The lowest BCUT2D eigenvalue weighted by molar-refractivity contribution is -0.117. The van der Waals surface area contributed by atoms with Crippen LogP contribution in [0.4, 0.5) is 5.69 Å². The number of hydrogen-bond acceptors (Lipinski definition) is 3. The Morgan fingerprint density at radius 1 is 0.931 bits per heavy atom. The summed E-state index contributed by atoms with van der Waals surface area (Å²) in [6.07, 6.45) is 1.38. The number of benzene rings is 3. The lowest BCUT2D eigenvalue weighted by Crippen LogP contribution is -2.32. The van der Waals surface area contributed by atoms with Crippen LogP contribution in [0.3, 0.4) is 0 Å². The molecule has 3 aromatic rings. The molecule has 4 rings (SSSR count). The molecule has 0 saturated heterocycles. The van der Waals surface area contributed by atoms with Crippen LogP contribution in [0.5, 0.6) is 0 Å². The summed E-state index contributed by atoms with van der Waals surface area (Å²) in [5, 5.41) is 13.3. The van der Waals surface area contributed by atoms with Gasteiger partial charge in [-0.05, 0) is 40.3 Å². The molecule has 29 heavy (non-hydrogen) atoms. The number of hydrogen-bond donors (Lipinski definition) is 1. The zero-order valence-corrected chi connectivity index (χ0v) is 16.9. The molecule has 1 aliphatic rings. The molecule has 1 N–H and O–H groups in total. The minimum Gasteiger partial charge on any atom is -0.511 e. The van der Waals surface area contributed by atoms with Gasteiger partial charge in [0.05, 0.1) is 17.0 Å². The molecule has 1 saturated carbocycles. The third kappa shape index (κ3) is 4.14. The van der Waals surface area contributed by atoms with E-state index in [1.54, 1.807) is 0 Å². The van der Waals surface area contributed by atoms with Crippen molar-refractivity contribution >= 4 is 28.0 Å². The molecule has 3 heteroatoms. The van der Waals surface area contributed by atoms with Crippen LogP contribution in [0.15, 0.2) is 89.1 Å². The molecule has 0 bridgehead atoms. The SMILES string of the molecule is CC1(C)CC(=O)/C(=C(/O)Cc2cccc3ccccc23)C(=Nc2ccccc2)C1. The maximum atomic E-state index is 13.0. The molecule has 0 spiro atoms. The highest BCUT2D eigenvalue weighted by Gasteiger charge is 2.36. The van der Waals surface area contributed by atoms with Gasteiger partial charge in [0.25, 0.3) is 0 Å². The standard InChI is InChI=1S/C26H25NO2/c1-26(2)16-22(27-20-12-4-3-5-13-20)25(24(29)17-26)23(28)15-19-11-8-10-18-9-6-7-14-21(18)19/h3-14,28H,15-17H2,1-2H3/b25-23+,27-22?. The molecule has 0 radical (unpaired) electrons. The van der Waals surface area contributed by atoms with Gasteiger partial charge in [0.15, 0.2) is 5.78 Å². The summed E-state index contributed by atoms with van der Waals surface area (Å²) in [5.74, 6) is 0.0743. The number of allylic oxidation sites excluding steroid dienone is 2. The van der Waals surface area contributed by atoms with Crippen molar-refractivity contribution in [3.63, 3.8) is 0 Å². The first-order valence-corrected chi connectivity index (χ1v) is 9.98. The molecule has 0 amide bonds. The minimum absolute atomic E-state index is 0.0336. The molecular formula is C26H25NO2. The average molecular weight is 383 g/mol. The first kappa shape index (κ1) is 19.1. The molecule has 3 aromatic carbocycles. The average Bonchev–Trinajstić information content (AvgIpc) is 2.68. The lowest BCUT2D eigenvalue weighted by atomic mass is 9.73. The molecule has 1 aliphatic carbocycles. The molecule has 0 aliphatic heterocycles. The van der Waals surface area contributed by atoms with Crippen LogP contribution in [0, 0.1) is 5.41 Å². The van der Waals surface area contributed by atoms with E-state index in [1.165, 1.54) is 0 Å². The van der Waals surface area contributed by atoms with Gasteiger partial charge < -0.3 is 5.11 Å². The predicted molar refractivity (Wildman–Crippen MR) is 119 cm³/mol. The van der Waals surface area contributed by atoms with Gasteiger partial charge in [-0.1, -0.05) is 74.5 Å². The van der Waals surface area contributed by atoms with Crippen molar-refractivity contribution in [1.29, 1.82) is 0 Å². The summed E-state index contributed by atoms with van der Waals surface area (Å²) in [4.78, 5) is 17.8. The number of fused-ring (bicyclic) bond motifs is 1. The second-order valence-corrected chi connectivity index (χ2v) is 8.47. The second-order valence-electron chi connectivity index (χ2n) is 8.47. The van der Waals surface area contributed by atoms with Crippen molar-refractivity contribution in [2.75, 3.05) is 0 Å². The van der Waals surface area contributed by atoms with Crippen molar-refractivity contribution in [2.45, 2.75) is 33.1 Å². The third-order valence-electron chi connectivity index (χ3n) is 5.40. The summed E-state index contributed by atoms with van der Waals surface area (Å²) in [5.41, 5.74) is 2.69. The van der Waals surface area contributed by atoms with E-state index in [-0.39, 0.29) is 17.0 Å². The number of rotatable bonds is 3. The largest absolute Gasteiger partial charge is 0.511 e. The Morgan fingerprint density at radius 2 is 1.62 bits per heavy atom. The van der Waals surface area contributed by atoms with E-state index in [2.05, 4.69) is 26.0 Å². The van der Waals surface area contributed by atoms with E-state index in [0.717, 1.165) is 22.0 Å². The molecule has 146 valence electrons. The van der Waals surface area contributed by atoms with E-state index in [4.69, 9.17) is 4.99 Å². The minimum atomic E-state index is -0.173. The zero-order chi connectivity index (χ0) is 20.4. The smallest absolute Gasteiger partial charge is 0.168 e. The van der Waals surface area contributed by atoms with Gasteiger partial charge in [-0.25, -0.2) is 0 Å². The van der Waals surface area contributed by atoms with E-state index in [0.29, 0.717) is 30.5 Å². The third-order valence-corrected chi connectivity index (χ3v) is 5.40. The van der Waals surface area contributed by atoms with Gasteiger partial charge in [0.1, 0.15) is 5.76 Å². The van der Waals surface area contributed by atoms with E-state index >= 15 is 0 Å². The molecule has 0 unspecified atom stereocenters. The Bertz CT molecular complexity index is 1120. The molecule has 1 fully saturated rings. The number of nitrogens with zero attached hydrogens (tertiary/aromatic N) is 1. The van der Waals surface area contributed by atoms with E-state index < -0.39 is 0 Å². The summed E-state index contributed by atoms with van der Waals surface area (Å²) in [6.45, 7) is 4.15. The van der Waals surface area contributed by atoms with E-state index in [9.17, 15) is 9.90 Å². The van der Waals surface area contributed by atoms with Crippen LogP contribution in [0.2, 0.25) is 0 Å². The van der Waals surface area contributed by atoms with Crippen molar-refractivity contribution in [1.82, 2.24) is 0 Å². The Hall–Kier alpha value is -3.20. The van der Waals surface area contributed by atoms with Crippen molar-refractivity contribution < 1.29 is 9.90 Å². The predicted octanol–water partition coefficient (Wildman–Crippen LogP) is 6.36. The number of carbonyl (C=O) groups excluding carboxylic acids is 1. The number of para-hydroxylation sites is 1. The Kier molecular flexibility index (Phi) is 5.06. The number of ketones is 1. The lowest BCUT2D eigenvalue weighted by Gasteiger charge is -2.31. The Morgan fingerprint density at radius 3 is 2.41 bits per heavy atom. The molecular weight excluding hydrogens is 358 g/mol. The van der Waals surface area contributed by atoms with Crippen molar-refractivity contribution in [3.8, 4) is 0 Å². The van der Waals surface area contributed by atoms with Crippen LogP contribution in [-0.2, 0) is 11.2 Å². The van der Waals surface area contributed by atoms with Gasteiger partial charge in [-0.15, -0.1) is 0 Å². The van der Waals surface area contributed by atoms with Crippen LogP contribution < -0.4 is 0 Å². The number of aliphatic hydroxyl groups is 1. The molecule has 3 nitrogen and oxygen atoms in total. The molecule has 0 heterocycles. The van der Waals surface area contributed by atoms with Gasteiger partial charge >= 0.3 is 0 Å². The number of aliphatic hydroxyl groups excluding tert-OH is 1. The maximum Gasteiger partial charge on any atom is 0.168 e. The Labute approximate surface area is 171 Å². The quantitative estimate of drug-likeness (QED) is 0.423. The van der Waals surface area contributed by atoms with Gasteiger partial charge in [-0.3, -0.25) is 9.79 Å². The fourth-order valence-corrected chi connectivity index (χ4v) is 4.08. The molecule has 0 aromatic heterocycles. The highest BCUT2D eigenvalue weighted by Crippen LogP contribution is 2.37. The highest BCUT2D eigenvalue weighted by atomic mass is 16.3. The topological polar surface area (TPSA) is 49.7 Å². The summed E-state index contributed by atoms with van der Waals surface area (Å²) < 4.78 is 0. The van der Waals surface area contributed by atoms with Crippen LogP contribution in [0.1, 0.15) is 32.3 Å². The molecule has 0 atom stereocenters. The van der Waals surface area contributed by atoms with Gasteiger partial charge in [-0.2, -0.15) is 0 Å².